The molecule has 0 bridgehead atoms. The maximum absolute atomic E-state index is 5.32. The lowest BCUT2D eigenvalue weighted by Gasteiger charge is -1.91. The molecule has 0 spiro atoms. The van der Waals surface area contributed by atoms with Crippen molar-refractivity contribution in [2.45, 2.75) is 13.3 Å². The first kappa shape index (κ1) is 8.07. The number of hydrogen-bond donors (Lipinski definition) is 1. The van der Waals surface area contributed by atoms with Gasteiger partial charge in [0.15, 0.2) is 0 Å². The maximum atomic E-state index is 5.32. The fourth-order valence-corrected chi connectivity index (χ4v) is 0.770. The van der Waals surface area contributed by atoms with Gasteiger partial charge in [0.25, 0.3) is 5.88 Å². The van der Waals surface area contributed by atoms with Gasteiger partial charge in [-0.05, 0) is 18.6 Å². The molecule has 4 heteroatoms. The maximum Gasteiger partial charge on any atom is 0.254 e. The highest BCUT2D eigenvalue weighted by molar-refractivity contribution is 5.10. The van der Waals surface area contributed by atoms with Gasteiger partial charge in [-0.15, -0.1) is 0 Å². The van der Waals surface area contributed by atoms with Crippen molar-refractivity contribution in [3.8, 4) is 5.88 Å². The van der Waals surface area contributed by atoms with Crippen molar-refractivity contribution in [3.63, 3.8) is 0 Å². The van der Waals surface area contributed by atoms with E-state index in [2.05, 4.69) is 5.16 Å². The summed E-state index contributed by atoms with van der Waals surface area (Å²) in [5.74, 6) is 1.31. The molecule has 0 aromatic carbocycles. The standard InChI is InChI=1S/C7H12N2O2/c1-2-10-7-5-6(3-4-8)11-9-7/h5H,2-4,8H2,1H3. The highest BCUT2D eigenvalue weighted by atomic mass is 16.5. The van der Waals surface area contributed by atoms with E-state index in [4.69, 9.17) is 15.0 Å². The zero-order valence-electron chi connectivity index (χ0n) is 6.54. The molecule has 0 radical (unpaired) electrons. The molecular weight excluding hydrogens is 144 g/mol. The number of hydrogen-bond acceptors (Lipinski definition) is 4. The van der Waals surface area contributed by atoms with E-state index in [-0.39, 0.29) is 0 Å². The van der Waals surface area contributed by atoms with Crippen molar-refractivity contribution in [2.75, 3.05) is 13.2 Å². The van der Waals surface area contributed by atoms with Gasteiger partial charge in [0.05, 0.1) is 6.61 Å². The zero-order valence-corrected chi connectivity index (χ0v) is 6.54. The van der Waals surface area contributed by atoms with Gasteiger partial charge in [0.1, 0.15) is 5.76 Å². The fourth-order valence-electron chi connectivity index (χ4n) is 0.770. The highest BCUT2D eigenvalue weighted by Gasteiger charge is 2.01. The van der Waals surface area contributed by atoms with Gasteiger partial charge in [-0.3, -0.25) is 0 Å². The molecule has 2 N–H and O–H groups in total. The van der Waals surface area contributed by atoms with Crippen molar-refractivity contribution in [3.05, 3.63) is 11.8 Å². The van der Waals surface area contributed by atoms with Crippen LogP contribution in [0.4, 0.5) is 0 Å². The summed E-state index contributed by atoms with van der Waals surface area (Å²) in [5, 5.41) is 3.67. The van der Waals surface area contributed by atoms with E-state index >= 15 is 0 Å². The molecule has 62 valence electrons. The van der Waals surface area contributed by atoms with E-state index in [1.54, 1.807) is 6.07 Å². The van der Waals surface area contributed by atoms with Crippen molar-refractivity contribution >= 4 is 0 Å². The van der Waals surface area contributed by atoms with Crippen LogP contribution >= 0.6 is 0 Å². The molecule has 0 aliphatic rings. The molecule has 0 saturated carbocycles. The van der Waals surface area contributed by atoms with Crippen molar-refractivity contribution in [1.29, 1.82) is 0 Å². The van der Waals surface area contributed by atoms with Gasteiger partial charge in [-0.25, -0.2) is 0 Å². The monoisotopic (exact) mass is 156 g/mol. The van der Waals surface area contributed by atoms with Crippen molar-refractivity contribution in [1.82, 2.24) is 5.16 Å². The van der Waals surface area contributed by atoms with Crippen LogP contribution in [0.5, 0.6) is 5.88 Å². The average molecular weight is 156 g/mol. The van der Waals surface area contributed by atoms with Crippen LogP contribution in [-0.2, 0) is 6.42 Å². The Morgan fingerprint density at radius 2 is 2.55 bits per heavy atom. The van der Waals surface area contributed by atoms with Gasteiger partial charge >= 0.3 is 0 Å². The van der Waals surface area contributed by atoms with E-state index in [0.717, 1.165) is 5.76 Å². The quantitative estimate of drug-likeness (QED) is 0.692. The lowest BCUT2D eigenvalue weighted by atomic mass is 10.3. The molecule has 0 unspecified atom stereocenters. The second kappa shape index (κ2) is 3.98. The van der Waals surface area contributed by atoms with Crippen LogP contribution in [0.15, 0.2) is 10.6 Å². The van der Waals surface area contributed by atoms with Crippen molar-refractivity contribution < 1.29 is 9.26 Å². The normalized spacial score (nSPS) is 10.0. The van der Waals surface area contributed by atoms with E-state index in [1.165, 1.54) is 0 Å². The molecular formula is C7H12N2O2. The largest absolute Gasteiger partial charge is 0.476 e. The molecule has 0 saturated heterocycles. The van der Waals surface area contributed by atoms with Crippen LogP contribution in [-0.4, -0.2) is 18.3 Å². The first-order valence-corrected chi connectivity index (χ1v) is 3.65. The lowest BCUT2D eigenvalue weighted by Crippen LogP contribution is -2.01. The Balaban J connectivity index is 2.51. The second-order valence-electron chi connectivity index (χ2n) is 2.10. The van der Waals surface area contributed by atoms with Crippen LogP contribution < -0.4 is 10.5 Å². The third-order valence-electron chi connectivity index (χ3n) is 1.22. The first-order chi connectivity index (χ1) is 5.36. The Morgan fingerprint density at radius 3 is 3.18 bits per heavy atom. The van der Waals surface area contributed by atoms with Gasteiger partial charge in [-0.1, -0.05) is 0 Å². The number of ether oxygens (including phenoxy) is 1. The highest BCUT2D eigenvalue weighted by Crippen LogP contribution is 2.10. The number of rotatable bonds is 4. The predicted molar refractivity (Wildman–Crippen MR) is 40.4 cm³/mol. The predicted octanol–water partition coefficient (Wildman–Crippen LogP) is 0.575. The van der Waals surface area contributed by atoms with E-state index in [9.17, 15) is 0 Å². The Morgan fingerprint density at radius 1 is 1.73 bits per heavy atom. The molecule has 0 amide bonds. The number of aromatic nitrogens is 1. The second-order valence-corrected chi connectivity index (χ2v) is 2.10. The van der Waals surface area contributed by atoms with Crippen LogP contribution in [0.1, 0.15) is 12.7 Å². The van der Waals surface area contributed by atoms with Crippen LogP contribution in [0.3, 0.4) is 0 Å². The van der Waals surface area contributed by atoms with E-state index in [1.807, 2.05) is 6.92 Å². The average Bonchev–Trinajstić information content (AvgIpc) is 2.38. The summed E-state index contributed by atoms with van der Waals surface area (Å²) in [7, 11) is 0. The molecule has 11 heavy (non-hydrogen) atoms. The summed E-state index contributed by atoms with van der Waals surface area (Å²) < 4.78 is 9.99. The Labute approximate surface area is 65.3 Å². The fraction of sp³-hybridized carbons (Fsp3) is 0.571. The van der Waals surface area contributed by atoms with E-state index in [0.29, 0.717) is 25.5 Å². The van der Waals surface area contributed by atoms with Crippen LogP contribution in [0.25, 0.3) is 0 Å². The van der Waals surface area contributed by atoms with Crippen LogP contribution in [0.2, 0.25) is 0 Å². The molecule has 1 heterocycles. The third kappa shape index (κ3) is 2.23. The molecule has 0 atom stereocenters. The Bertz CT molecular complexity index is 189. The summed E-state index contributed by atoms with van der Waals surface area (Å²) in [6.45, 7) is 3.08. The minimum absolute atomic E-state index is 0.538. The molecule has 1 rings (SSSR count). The smallest absolute Gasteiger partial charge is 0.254 e. The summed E-state index contributed by atoms with van der Waals surface area (Å²) in [6.07, 6.45) is 0.708. The lowest BCUT2D eigenvalue weighted by molar-refractivity contribution is 0.289. The SMILES string of the molecule is CCOc1cc(CCN)on1. The molecule has 1 aromatic rings. The number of nitrogens with two attached hydrogens (primary N) is 1. The van der Waals surface area contributed by atoms with Gasteiger partial charge in [0, 0.05) is 12.5 Å². The summed E-state index contributed by atoms with van der Waals surface area (Å²) >= 11 is 0. The molecule has 1 aromatic heterocycles. The first-order valence-electron chi connectivity index (χ1n) is 3.65. The van der Waals surface area contributed by atoms with Gasteiger partial charge in [-0.2, -0.15) is 0 Å². The van der Waals surface area contributed by atoms with Crippen molar-refractivity contribution in [2.24, 2.45) is 5.73 Å². The molecule has 0 fully saturated rings. The topological polar surface area (TPSA) is 61.3 Å². The van der Waals surface area contributed by atoms with E-state index < -0.39 is 0 Å². The van der Waals surface area contributed by atoms with Gasteiger partial charge < -0.3 is 15.0 Å². The minimum Gasteiger partial charge on any atom is -0.476 e. The van der Waals surface area contributed by atoms with Gasteiger partial charge in [0.2, 0.25) is 0 Å². The molecule has 0 aliphatic heterocycles. The molecule has 4 nitrogen and oxygen atoms in total. The molecule has 0 aliphatic carbocycles. The van der Waals surface area contributed by atoms with Crippen LogP contribution in [0, 0.1) is 0 Å². The summed E-state index contributed by atoms with van der Waals surface area (Å²) in [6, 6.07) is 1.76. The Kier molecular flexibility index (Phi) is 2.92. The summed E-state index contributed by atoms with van der Waals surface area (Å²) in [5.41, 5.74) is 5.32. The minimum atomic E-state index is 0.538. The summed E-state index contributed by atoms with van der Waals surface area (Å²) in [4.78, 5) is 0. The number of nitrogens with zero attached hydrogens (tertiary/aromatic N) is 1. The Hall–Kier alpha value is -1.03. The third-order valence-corrected chi connectivity index (χ3v) is 1.22. The zero-order chi connectivity index (χ0) is 8.10.